The van der Waals surface area contributed by atoms with Gasteiger partial charge in [0, 0.05) is 27.6 Å². The lowest BCUT2D eigenvalue weighted by Gasteiger charge is -2.29. The zero-order valence-corrected chi connectivity index (χ0v) is 15.0. The van der Waals surface area contributed by atoms with Gasteiger partial charge in [-0.2, -0.15) is 0 Å². The van der Waals surface area contributed by atoms with E-state index in [9.17, 15) is 0 Å². The summed E-state index contributed by atoms with van der Waals surface area (Å²) in [5.74, 6) is 1.56. The molecule has 0 aromatic heterocycles. The average Bonchev–Trinajstić information content (AvgIpc) is 2.61. The first-order valence-corrected chi connectivity index (χ1v) is 8.61. The molecule has 0 fully saturated rings. The third-order valence-corrected chi connectivity index (χ3v) is 5.03. The van der Waals surface area contributed by atoms with Gasteiger partial charge in [-0.3, -0.25) is 0 Å². The standard InChI is InChI=1S/C20H15Cl2NO2/c1-24-13-5-2-11-3-7-19-16(15(11)9-13)10-18(23)20(25-19)14-6-4-12(21)8-17(14)22/h2-9,20,23H,10H2,1H3. The van der Waals surface area contributed by atoms with Gasteiger partial charge in [-0.15, -0.1) is 0 Å². The van der Waals surface area contributed by atoms with Gasteiger partial charge in [-0.05, 0) is 41.1 Å². The molecule has 4 rings (SSSR count). The Morgan fingerprint density at radius 1 is 1.08 bits per heavy atom. The van der Waals surface area contributed by atoms with Crippen LogP contribution in [0.2, 0.25) is 10.0 Å². The van der Waals surface area contributed by atoms with E-state index in [1.54, 1.807) is 19.2 Å². The molecule has 25 heavy (non-hydrogen) atoms. The van der Waals surface area contributed by atoms with Crippen LogP contribution in [0, 0.1) is 5.41 Å². The average molecular weight is 372 g/mol. The van der Waals surface area contributed by atoms with E-state index in [0.717, 1.165) is 33.4 Å². The van der Waals surface area contributed by atoms with Crippen LogP contribution in [0.5, 0.6) is 11.5 Å². The van der Waals surface area contributed by atoms with Crippen LogP contribution in [-0.2, 0) is 6.42 Å². The second kappa shape index (κ2) is 6.25. The number of methoxy groups -OCH3 is 1. The first-order chi connectivity index (χ1) is 12.1. The minimum absolute atomic E-state index is 0.465. The van der Waals surface area contributed by atoms with E-state index in [1.165, 1.54) is 0 Å². The highest BCUT2D eigenvalue weighted by molar-refractivity contribution is 6.35. The lowest BCUT2D eigenvalue weighted by atomic mass is 9.92. The van der Waals surface area contributed by atoms with Crippen molar-refractivity contribution < 1.29 is 9.47 Å². The quantitative estimate of drug-likeness (QED) is 0.613. The summed E-state index contributed by atoms with van der Waals surface area (Å²) in [4.78, 5) is 0. The predicted molar refractivity (Wildman–Crippen MR) is 102 cm³/mol. The lowest BCUT2D eigenvalue weighted by molar-refractivity contribution is 0.260. The zero-order valence-electron chi connectivity index (χ0n) is 13.5. The van der Waals surface area contributed by atoms with E-state index >= 15 is 0 Å². The van der Waals surface area contributed by atoms with E-state index in [4.69, 9.17) is 38.1 Å². The highest BCUT2D eigenvalue weighted by atomic mass is 35.5. The molecule has 0 saturated carbocycles. The van der Waals surface area contributed by atoms with E-state index in [-0.39, 0.29) is 0 Å². The van der Waals surface area contributed by atoms with Crippen LogP contribution in [0.15, 0.2) is 48.5 Å². The summed E-state index contributed by atoms with van der Waals surface area (Å²) < 4.78 is 11.5. The highest BCUT2D eigenvalue weighted by Gasteiger charge is 2.29. The Bertz CT molecular complexity index is 1000. The molecule has 126 valence electrons. The summed E-state index contributed by atoms with van der Waals surface area (Å²) in [5, 5.41) is 11.7. The molecule has 0 spiro atoms. The van der Waals surface area contributed by atoms with Crippen molar-refractivity contribution in [3.8, 4) is 11.5 Å². The molecule has 0 bridgehead atoms. The van der Waals surface area contributed by atoms with Gasteiger partial charge < -0.3 is 14.9 Å². The van der Waals surface area contributed by atoms with Crippen molar-refractivity contribution in [3.63, 3.8) is 0 Å². The number of halogens is 2. The van der Waals surface area contributed by atoms with Crippen molar-refractivity contribution in [1.29, 1.82) is 5.41 Å². The summed E-state index contributed by atoms with van der Waals surface area (Å²) in [7, 11) is 1.65. The molecule has 0 saturated heterocycles. The van der Waals surface area contributed by atoms with E-state index in [0.29, 0.717) is 22.2 Å². The normalized spacial score (nSPS) is 16.4. The number of hydrogen-bond donors (Lipinski definition) is 1. The van der Waals surface area contributed by atoms with Crippen molar-refractivity contribution >= 4 is 39.7 Å². The van der Waals surface area contributed by atoms with Gasteiger partial charge in [-0.1, -0.05) is 41.4 Å². The van der Waals surface area contributed by atoms with Crippen molar-refractivity contribution in [2.24, 2.45) is 0 Å². The lowest BCUT2D eigenvalue weighted by Crippen LogP contribution is -2.25. The van der Waals surface area contributed by atoms with Crippen molar-refractivity contribution in [2.75, 3.05) is 7.11 Å². The maximum absolute atomic E-state index is 8.49. The Morgan fingerprint density at radius 2 is 1.88 bits per heavy atom. The number of fused-ring (bicyclic) bond motifs is 3. The highest BCUT2D eigenvalue weighted by Crippen LogP contribution is 2.40. The Morgan fingerprint density at radius 3 is 2.64 bits per heavy atom. The summed E-state index contributed by atoms with van der Waals surface area (Å²) in [6.07, 6.45) is 0.00374. The van der Waals surface area contributed by atoms with Crippen LogP contribution < -0.4 is 9.47 Å². The Kier molecular flexibility index (Phi) is 4.06. The van der Waals surface area contributed by atoms with Crippen LogP contribution in [-0.4, -0.2) is 12.8 Å². The van der Waals surface area contributed by atoms with Gasteiger partial charge in [-0.25, -0.2) is 0 Å². The van der Waals surface area contributed by atoms with Gasteiger partial charge in [0.25, 0.3) is 0 Å². The number of rotatable bonds is 2. The first-order valence-electron chi connectivity index (χ1n) is 7.85. The minimum atomic E-state index is -0.500. The topological polar surface area (TPSA) is 42.3 Å². The van der Waals surface area contributed by atoms with Crippen molar-refractivity contribution in [1.82, 2.24) is 0 Å². The van der Waals surface area contributed by atoms with Crippen LogP contribution >= 0.6 is 23.2 Å². The molecule has 3 aromatic carbocycles. The molecule has 1 aliphatic heterocycles. The maximum Gasteiger partial charge on any atom is 0.163 e. The van der Waals surface area contributed by atoms with Gasteiger partial charge in [0.15, 0.2) is 6.10 Å². The molecule has 1 aliphatic rings. The van der Waals surface area contributed by atoms with Crippen LogP contribution in [0.25, 0.3) is 10.8 Å². The smallest absolute Gasteiger partial charge is 0.163 e. The predicted octanol–water partition coefficient (Wildman–Crippen LogP) is 5.85. The molecule has 1 atom stereocenters. The van der Waals surface area contributed by atoms with E-state index < -0.39 is 6.10 Å². The number of ether oxygens (including phenoxy) is 2. The fraction of sp³-hybridized carbons (Fsp3) is 0.150. The Labute approximate surface area is 155 Å². The number of hydrogen-bond acceptors (Lipinski definition) is 3. The van der Waals surface area contributed by atoms with E-state index in [1.807, 2.05) is 36.4 Å². The van der Waals surface area contributed by atoms with E-state index in [2.05, 4.69) is 0 Å². The molecule has 0 aliphatic carbocycles. The molecule has 1 unspecified atom stereocenters. The van der Waals surface area contributed by atoms with Crippen LogP contribution in [0.1, 0.15) is 17.2 Å². The summed E-state index contributed by atoms with van der Waals surface area (Å²) in [6, 6.07) is 15.2. The largest absolute Gasteiger partial charge is 0.497 e. The molecule has 1 N–H and O–H groups in total. The van der Waals surface area contributed by atoms with Crippen LogP contribution in [0.3, 0.4) is 0 Å². The van der Waals surface area contributed by atoms with Crippen LogP contribution in [0.4, 0.5) is 0 Å². The second-order valence-corrected chi connectivity index (χ2v) is 6.84. The van der Waals surface area contributed by atoms with Gasteiger partial charge >= 0.3 is 0 Å². The fourth-order valence-electron chi connectivity index (χ4n) is 3.21. The van der Waals surface area contributed by atoms with Gasteiger partial charge in [0.2, 0.25) is 0 Å². The molecular formula is C20H15Cl2NO2. The molecule has 3 aromatic rings. The van der Waals surface area contributed by atoms with Crippen molar-refractivity contribution in [2.45, 2.75) is 12.5 Å². The zero-order chi connectivity index (χ0) is 17.6. The molecule has 1 heterocycles. The summed E-state index contributed by atoms with van der Waals surface area (Å²) in [5.41, 5.74) is 2.22. The molecule has 0 amide bonds. The molecular weight excluding hydrogens is 357 g/mol. The molecule has 0 radical (unpaired) electrons. The Hall–Kier alpha value is -2.23. The second-order valence-electron chi connectivity index (χ2n) is 6.00. The minimum Gasteiger partial charge on any atom is -0.497 e. The SMILES string of the molecule is COc1ccc2ccc3c(c2c1)CC(=N)C(c1ccc(Cl)cc1Cl)O3. The number of nitrogens with one attached hydrogen (secondary N) is 1. The third kappa shape index (κ3) is 2.84. The van der Waals surface area contributed by atoms with Crippen molar-refractivity contribution in [3.05, 3.63) is 69.7 Å². The number of benzene rings is 3. The van der Waals surface area contributed by atoms with Gasteiger partial charge in [0.05, 0.1) is 12.8 Å². The summed E-state index contributed by atoms with van der Waals surface area (Å²) >= 11 is 12.3. The first kappa shape index (κ1) is 16.2. The third-order valence-electron chi connectivity index (χ3n) is 4.47. The maximum atomic E-state index is 8.49. The summed E-state index contributed by atoms with van der Waals surface area (Å²) in [6.45, 7) is 0. The molecule has 3 nitrogen and oxygen atoms in total. The monoisotopic (exact) mass is 371 g/mol. The Balaban J connectivity index is 1.80. The van der Waals surface area contributed by atoms with Gasteiger partial charge in [0.1, 0.15) is 11.5 Å². The molecule has 5 heteroatoms. The fourth-order valence-corrected chi connectivity index (χ4v) is 3.71.